The standard InChI is InChI=1S/2C7H6O4.C2H6O2/c2*8-5-3-1-2-4(6(5)9)7(10)11;3-1-2-4/h2*1-3,8-9H,(H,10,11);3-4H,1-2H2. The molecule has 0 bridgehead atoms. The number of phenolic OH excluding ortho intramolecular Hbond substituents is 2. The van der Waals surface area contributed by atoms with E-state index >= 15 is 0 Å². The molecule has 0 unspecified atom stereocenters. The Bertz CT molecular complexity index is 678. The number of benzene rings is 2. The number of aromatic carboxylic acids is 2. The second-order valence-corrected chi connectivity index (χ2v) is 4.40. The maximum absolute atomic E-state index is 10.3. The first-order chi connectivity index (χ1) is 12.2. The normalized spacial score (nSPS) is 9.15. The van der Waals surface area contributed by atoms with Gasteiger partial charge in [0, 0.05) is 0 Å². The molecule has 142 valence electrons. The van der Waals surface area contributed by atoms with Crippen LogP contribution in [0, 0.1) is 0 Å². The van der Waals surface area contributed by atoms with Crippen molar-refractivity contribution in [1.29, 1.82) is 0 Å². The van der Waals surface area contributed by atoms with Gasteiger partial charge in [-0.05, 0) is 24.3 Å². The highest BCUT2D eigenvalue weighted by Gasteiger charge is 2.12. The summed E-state index contributed by atoms with van der Waals surface area (Å²) in [4.78, 5) is 20.6. The fraction of sp³-hybridized carbons (Fsp3) is 0.125. The van der Waals surface area contributed by atoms with Gasteiger partial charge in [0.25, 0.3) is 0 Å². The fourth-order valence-corrected chi connectivity index (χ4v) is 1.41. The summed E-state index contributed by atoms with van der Waals surface area (Å²) < 4.78 is 0. The predicted molar refractivity (Wildman–Crippen MR) is 87.6 cm³/mol. The number of hydrogen-bond acceptors (Lipinski definition) is 8. The van der Waals surface area contributed by atoms with Gasteiger partial charge in [-0.2, -0.15) is 0 Å². The van der Waals surface area contributed by atoms with Crippen LogP contribution in [0.25, 0.3) is 0 Å². The van der Waals surface area contributed by atoms with E-state index in [1.807, 2.05) is 0 Å². The van der Waals surface area contributed by atoms with Crippen molar-refractivity contribution in [2.45, 2.75) is 0 Å². The highest BCUT2D eigenvalue weighted by atomic mass is 16.4. The van der Waals surface area contributed by atoms with E-state index in [9.17, 15) is 9.59 Å². The maximum atomic E-state index is 10.3. The number of carbonyl (C=O) groups is 2. The number of aliphatic hydroxyl groups is 2. The van der Waals surface area contributed by atoms with E-state index in [1.54, 1.807) is 0 Å². The van der Waals surface area contributed by atoms with Crippen molar-refractivity contribution < 1.29 is 50.4 Å². The number of aromatic hydroxyl groups is 4. The first kappa shape index (κ1) is 22.5. The number of para-hydroxylation sites is 2. The van der Waals surface area contributed by atoms with Crippen LogP contribution in [0.1, 0.15) is 20.7 Å². The van der Waals surface area contributed by atoms with Crippen LogP contribution in [-0.2, 0) is 0 Å². The van der Waals surface area contributed by atoms with Crippen molar-refractivity contribution in [3.63, 3.8) is 0 Å². The highest BCUT2D eigenvalue weighted by molar-refractivity contribution is 5.92. The maximum Gasteiger partial charge on any atom is 0.339 e. The van der Waals surface area contributed by atoms with Gasteiger partial charge >= 0.3 is 11.9 Å². The van der Waals surface area contributed by atoms with Crippen LogP contribution in [0.5, 0.6) is 23.0 Å². The van der Waals surface area contributed by atoms with E-state index in [2.05, 4.69) is 0 Å². The smallest absolute Gasteiger partial charge is 0.339 e. The first-order valence-corrected chi connectivity index (χ1v) is 6.87. The highest BCUT2D eigenvalue weighted by Crippen LogP contribution is 2.28. The minimum Gasteiger partial charge on any atom is -0.504 e. The van der Waals surface area contributed by atoms with E-state index < -0.39 is 34.9 Å². The zero-order valence-corrected chi connectivity index (χ0v) is 13.3. The van der Waals surface area contributed by atoms with E-state index in [-0.39, 0.29) is 24.3 Å². The van der Waals surface area contributed by atoms with Crippen molar-refractivity contribution in [3.05, 3.63) is 47.5 Å². The molecule has 8 N–H and O–H groups in total. The van der Waals surface area contributed by atoms with Gasteiger partial charge in [0.2, 0.25) is 0 Å². The first-order valence-electron chi connectivity index (χ1n) is 6.87. The van der Waals surface area contributed by atoms with Crippen molar-refractivity contribution in [3.8, 4) is 23.0 Å². The molecule has 10 nitrogen and oxygen atoms in total. The quantitative estimate of drug-likeness (QED) is 0.353. The SMILES string of the molecule is O=C(O)c1cccc(O)c1O.O=C(O)c1cccc(O)c1O.OCCO. The molecule has 0 aromatic heterocycles. The second-order valence-electron chi connectivity index (χ2n) is 4.40. The molecule has 0 aliphatic rings. The monoisotopic (exact) mass is 370 g/mol. The summed E-state index contributed by atoms with van der Waals surface area (Å²) in [5.74, 6) is -4.58. The Balaban J connectivity index is 0.000000401. The van der Waals surface area contributed by atoms with Crippen molar-refractivity contribution in [1.82, 2.24) is 0 Å². The van der Waals surface area contributed by atoms with Gasteiger partial charge < -0.3 is 40.9 Å². The van der Waals surface area contributed by atoms with Gasteiger partial charge in [0.05, 0.1) is 13.2 Å². The lowest BCUT2D eigenvalue weighted by Gasteiger charge is -1.99. The number of phenols is 4. The van der Waals surface area contributed by atoms with Crippen LogP contribution in [0.3, 0.4) is 0 Å². The molecule has 0 aliphatic carbocycles. The van der Waals surface area contributed by atoms with Crippen LogP contribution in [0.2, 0.25) is 0 Å². The molecule has 0 saturated carbocycles. The predicted octanol–water partition coefficient (Wildman–Crippen LogP) is 0.563. The molecule has 0 fully saturated rings. The van der Waals surface area contributed by atoms with E-state index in [4.69, 9.17) is 40.9 Å². The Kier molecular flexibility index (Phi) is 9.63. The van der Waals surface area contributed by atoms with Gasteiger partial charge in [-0.1, -0.05) is 12.1 Å². The van der Waals surface area contributed by atoms with Gasteiger partial charge in [-0.15, -0.1) is 0 Å². The van der Waals surface area contributed by atoms with Crippen LogP contribution < -0.4 is 0 Å². The minimum atomic E-state index is -1.27. The lowest BCUT2D eigenvalue weighted by molar-refractivity contribution is 0.0681. The molecular weight excluding hydrogens is 352 g/mol. The largest absolute Gasteiger partial charge is 0.504 e. The van der Waals surface area contributed by atoms with Gasteiger partial charge in [0.15, 0.2) is 23.0 Å². The average molecular weight is 370 g/mol. The molecule has 0 radical (unpaired) electrons. The number of carboxylic acids is 2. The summed E-state index contributed by atoms with van der Waals surface area (Å²) >= 11 is 0. The fourth-order valence-electron chi connectivity index (χ4n) is 1.41. The lowest BCUT2D eigenvalue weighted by atomic mass is 10.2. The topological polar surface area (TPSA) is 196 Å². The van der Waals surface area contributed by atoms with Crippen molar-refractivity contribution >= 4 is 11.9 Å². The van der Waals surface area contributed by atoms with Crippen LogP contribution in [0.4, 0.5) is 0 Å². The molecule has 0 saturated heterocycles. The molecule has 2 rings (SSSR count). The Morgan fingerprint density at radius 1 is 0.654 bits per heavy atom. The summed E-state index contributed by atoms with van der Waals surface area (Å²) in [6, 6.07) is 7.52. The third-order valence-corrected chi connectivity index (χ3v) is 2.59. The van der Waals surface area contributed by atoms with Crippen molar-refractivity contribution in [2.24, 2.45) is 0 Å². The molecule has 0 amide bonds. The summed E-state index contributed by atoms with van der Waals surface area (Å²) in [6.07, 6.45) is 0. The lowest BCUT2D eigenvalue weighted by Crippen LogP contribution is -1.95. The van der Waals surface area contributed by atoms with E-state index in [1.165, 1.54) is 36.4 Å². The number of aliphatic hydroxyl groups excluding tert-OH is 2. The summed E-state index contributed by atoms with van der Waals surface area (Å²) in [6.45, 7) is -0.250. The summed E-state index contributed by atoms with van der Waals surface area (Å²) in [7, 11) is 0. The second kappa shape index (κ2) is 11.1. The molecule has 0 heterocycles. The Labute approximate surface area is 147 Å². The van der Waals surface area contributed by atoms with Crippen LogP contribution in [-0.4, -0.2) is 66.0 Å². The Morgan fingerprint density at radius 2 is 0.962 bits per heavy atom. The van der Waals surface area contributed by atoms with Gasteiger partial charge in [-0.3, -0.25) is 0 Å². The number of rotatable bonds is 3. The molecule has 10 heteroatoms. The molecule has 0 atom stereocenters. The van der Waals surface area contributed by atoms with Crippen LogP contribution in [0.15, 0.2) is 36.4 Å². The molecule has 0 aliphatic heterocycles. The molecule has 0 spiro atoms. The molecule has 26 heavy (non-hydrogen) atoms. The number of carboxylic acid groups (broad SMARTS) is 2. The zero-order chi connectivity index (χ0) is 20.3. The Hall–Kier alpha value is -3.50. The average Bonchev–Trinajstić information content (AvgIpc) is 2.60. The number of hydrogen-bond donors (Lipinski definition) is 8. The van der Waals surface area contributed by atoms with E-state index in [0.29, 0.717) is 0 Å². The Morgan fingerprint density at radius 3 is 1.15 bits per heavy atom. The van der Waals surface area contributed by atoms with Crippen LogP contribution >= 0.6 is 0 Å². The third kappa shape index (κ3) is 6.95. The zero-order valence-electron chi connectivity index (χ0n) is 13.3. The molecule has 2 aromatic carbocycles. The van der Waals surface area contributed by atoms with E-state index in [0.717, 1.165) is 0 Å². The molecular formula is C16H18O10. The van der Waals surface area contributed by atoms with Gasteiger partial charge in [0.1, 0.15) is 11.1 Å². The third-order valence-electron chi connectivity index (χ3n) is 2.59. The minimum absolute atomic E-state index is 0.125. The summed E-state index contributed by atoms with van der Waals surface area (Å²) in [5.41, 5.74) is -0.602. The van der Waals surface area contributed by atoms with Gasteiger partial charge in [-0.25, -0.2) is 9.59 Å². The summed E-state index contributed by atoms with van der Waals surface area (Å²) in [5, 5.41) is 67.6. The van der Waals surface area contributed by atoms with Crippen molar-refractivity contribution in [2.75, 3.05) is 13.2 Å². The molecule has 2 aromatic rings.